The van der Waals surface area contributed by atoms with Crippen molar-refractivity contribution in [1.29, 1.82) is 0 Å². The van der Waals surface area contributed by atoms with E-state index in [-0.39, 0.29) is 0 Å². The van der Waals surface area contributed by atoms with Crippen LogP contribution in [0, 0.1) is 0 Å². The van der Waals surface area contributed by atoms with Crippen LogP contribution in [0.15, 0.2) is 188 Å². The Bertz CT molecular complexity index is 2640. The quantitative estimate of drug-likeness (QED) is 0.182. The van der Waals surface area contributed by atoms with E-state index in [2.05, 4.69) is 193 Å². The number of fused-ring (bicyclic) bond motifs is 13. The summed E-state index contributed by atoms with van der Waals surface area (Å²) < 4.78 is 2.55. The van der Waals surface area contributed by atoms with Crippen LogP contribution in [0.2, 0.25) is 0 Å². The molecule has 0 bridgehead atoms. The third kappa shape index (κ3) is 3.56. The fraction of sp³-hybridized carbons (Fsp3) is 0.0204. The smallest absolute Gasteiger partial charge is 0.0746 e. The lowest BCUT2D eigenvalue weighted by molar-refractivity contribution is 0.786. The highest BCUT2D eigenvalue weighted by molar-refractivity contribution is 6.12. The summed E-state index contributed by atoms with van der Waals surface area (Å²) in [5, 5.41) is 2.52. The third-order valence-corrected chi connectivity index (χ3v) is 11.2. The lowest BCUT2D eigenvalue weighted by atomic mass is 9.70. The minimum atomic E-state index is -0.438. The maximum Gasteiger partial charge on any atom is 0.0746 e. The molecule has 0 radical (unpaired) electrons. The highest BCUT2D eigenvalue weighted by Crippen LogP contribution is 2.64. The van der Waals surface area contributed by atoms with Crippen LogP contribution in [0.4, 0.5) is 0 Å². The van der Waals surface area contributed by atoms with E-state index >= 15 is 0 Å². The summed E-state index contributed by atoms with van der Waals surface area (Å²) in [7, 11) is 0. The van der Waals surface area contributed by atoms with Gasteiger partial charge in [-0.3, -0.25) is 0 Å². The molecule has 1 heteroatoms. The van der Waals surface area contributed by atoms with Crippen LogP contribution in [0.1, 0.15) is 22.3 Å². The van der Waals surface area contributed by atoms with Crippen molar-refractivity contribution in [1.82, 2.24) is 4.57 Å². The van der Waals surface area contributed by atoms with Gasteiger partial charge < -0.3 is 4.57 Å². The number of benzene rings is 8. The molecule has 0 atom stereocenters. The van der Waals surface area contributed by atoms with Crippen LogP contribution in [0.5, 0.6) is 0 Å². The maximum absolute atomic E-state index is 2.55. The molecule has 1 heterocycles. The van der Waals surface area contributed by atoms with Gasteiger partial charge in [-0.25, -0.2) is 0 Å². The Morgan fingerprint density at radius 3 is 1.24 bits per heavy atom. The summed E-state index contributed by atoms with van der Waals surface area (Å²) in [5.74, 6) is 0. The van der Waals surface area contributed by atoms with Crippen molar-refractivity contribution in [2.75, 3.05) is 0 Å². The van der Waals surface area contributed by atoms with Gasteiger partial charge in [-0.1, -0.05) is 158 Å². The Labute approximate surface area is 291 Å². The second kappa shape index (κ2) is 10.3. The lowest BCUT2D eigenvalue weighted by Crippen LogP contribution is -2.27. The van der Waals surface area contributed by atoms with E-state index in [1.807, 2.05) is 0 Å². The Hall–Kier alpha value is -6.44. The molecule has 9 aromatic rings. The molecule has 1 aromatic heterocycles. The average Bonchev–Trinajstić information content (AvgIpc) is 3.80. The second-order valence-electron chi connectivity index (χ2n) is 13.6. The zero-order chi connectivity index (χ0) is 32.8. The van der Waals surface area contributed by atoms with Gasteiger partial charge in [0, 0.05) is 16.3 Å². The summed E-state index contributed by atoms with van der Waals surface area (Å²) in [4.78, 5) is 0. The van der Waals surface area contributed by atoms with E-state index in [0.29, 0.717) is 0 Å². The van der Waals surface area contributed by atoms with Crippen molar-refractivity contribution in [2.24, 2.45) is 0 Å². The standard InChI is InChI=1S/C49H31N/c1-3-14-32(15-4-1)34-26-28-45-40(30-34)41-31-35(33-16-5-2-6-17-33)27-29-46(41)50(45)47-25-13-21-39-38-20-9-12-24-44(38)49(48(39)47)42-22-10-7-18-36(42)37-19-8-11-23-43(37)49/h1-31H. The van der Waals surface area contributed by atoms with Gasteiger partial charge in [0.2, 0.25) is 0 Å². The normalized spacial score (nSPS) is 13.4. The van der Waals surface area contributed by atoms with Crippen LogP contribution < -0.4 is 0 Å². The molecular formula is C49H31N. The van der Waals surface area contributed by atoms with Crippen LogP contribution in [0.3, 0.4) is 0 Å². The number of nitrogens with zero attached hydrogens (tertiary/aromatic N) is 1. The summed E-state index contributed by atoms with van der Waals surface area (Å²) in [6.07, 6.45) is 0. The number of rotatable bonds is 3. The summed E-state index contributed by atoms with van der Waals surface area (Å²) in [6.45, 7) is 0. The molecule has 50 heavy (non-hydrogen) atoms. The van der Waals surface area contributed by atoms with Crippen LogP contribution >= 0.6 is 0 Å². The number of aromatic nitrogens is 1. The van der Waals surface area contributed by atoms with E-state index in [9.17, 15) is 0 Å². The Balaban J connectivity index is 1.28. The van der Waals surface area contributed by atoms with Crippen molar-refractivity contribution in [2.45, 2.75) is 5.41 Å². The van der Waals surface area contributed by atoms with Crippen molar-refractivity contribution in [3.8, 4) is 50.2 Å². The molecule has 0 saturated heterocycles. The Morgan fingerprint density at radius 2 is 0.740 bits per heavy atom. The van der Waals surface area contributed by atoms with Crippen molar-refractivity contribution in [3.05, 3.63) is 210 Å². The van der Waals surface area contributed by atoms with Gasteiger partial charge in [0.25, 0.3) is 0 Å². The highest BCUT2D eigenvalue weighted by Gasteiger charge is 2.52. The molecule has 0 saturated carbocycles. The Morgan fingerprint density at radius 1 is 0.320 bits per heavy atom. The van der Waals surface area contributed by atoms with Gasteiger partial charge in [0.05, 0.1) is 22.1 Å². The van der Waals surface area contributed by atoms with E-state index in [4.69, 9.17) is 0 Å². The molecule has 0 aliphatic heterocycles. The molecule has 2 aliphatic rings. The molecule has 1 nitrogen and oxygen atoms in total. The monoisotopic (exact) mass is 633 g/mol. The summed E-state index contributed by atoms with van der Waals surface area (Å²) >= 11 is 0. The SMILES string of the molecule is c1ccc(-c2ccc3c(c2)c2cc(-c4ccccc4)ccc2n3-c2cccc3c2C2(c4ccccc4-c4ccccc42)c2ccccc2-3)cc1. The molecule has 11 rings (SSSR count). The van der Waals surface area contributed by atoms with E-state index in [1.54, 1.807) is 0 Å². The van der Waals surface area contributed by atoms with Crippen molar-refractivity contribution < 1.29 is 0 Å². The molecule has 0 amide bonds. The highest BCUT2D eigenvalue weighted by atomic mass is 15.0. The van der Waals surface area contributed by atoms with Crippen LogP contribution in [0.25, 0.3) is 72.0 Å². The largest absolute Gasteiger partial charge is 0.309 e. The lowest BCUT2D eigenvalue weighted by Gasteiger charge is -2.32. The third-order valence-electron chi connectivity index (χ3n) is 11.2. The van der Waals surface area contributed by atoms with Crippen LogP contribution in [-0.4, -0.2) is 4.57 Å². The minimum absolute atomic E-state index is 0.438. The number of hydrogen-bond donors (Lipinski definition) is 0. The van der Waals surface area contributed by atoms with Crippen molar-refractivity contribution in [3.63, 3.8) is 0 Å². The first-order valence-electron chi connectivity index (χ1n) is 17.4. The predicted octanol–water partition coefficient (Wildman–Crippen LogP) is 12.5. The van der Waals surface area contributed by atoms with E-state index < -0.39 is 5.41 Å². The zero-order valence-corrected chi connectivity index (χ0v) is 27.3. The minimum Gasteiger partial charge on any atom is -0.309 e. The molecule has 0 fully saturated rings. The first-order valence-corrected chi connectivity index (χ1v) is 17.4. The van der Waals surface area contributed by atoms with Gasteiger partial charge in [0.1, 0.15) is 0 Å². The maximum atomic E-state index is 2.55. The van der Waals surface area contributed by atoms with Gasteiger partial charge in [-0.2, -0.15) is 0 Å². The van der Waals surface area contributed by atoms with Crippen LogP contribution in [-0.2, 0) is 5.41 Å². The zero-order valence-electron chi connectivity index (χ0n) is 27.3. The first kappa shape index (κ1) is 27.5. The van der Waals surface area contributed by atoms with Gasteiger partial charge in [-0.05, 0) is 91.5 Å². The molecule has 0 N–H and O–H groups in total. The molecule has 8 aromatic carbocycles. The average molecular weight is 634 g/mol. The topological polar surface area (TPSA) is 4.93 Å². The molecule has 1 spiro atoms. The van der Waals surface area contributed by atoms with Crippen molar-refractivity contribution >= 4 is 21.8 Å². The number of hydrogen-bond acceptors (Lipinski definition) is 0. The fourth-order valence-corrected chi connectivity index (χ4v) is 9.22. The van der Waals surface area contributed by atoms with Gasteiger partial charge in [-0.15, -0.1) is 0 Å². The van der Waals surface area contributed by atoms with E-state index in [0.717, 1.165) is 0 Å². The molecular weight excluding hydrogens is 603 g/mol. The predicted molar refractivity (Wildman–Crippen MR) is 208 cm³/mol. The molecule has 232 valence electrons. The summed E-state index contributed by atoms with van der Waals surface area (Å²) in [5.41, 5.74) is 18.8. The van der Waals surface area contributed by atoms with E-state index in [1.165, 1.54) is 94.3 Å². The fourth-order valence-electron chi connectivity index (χ4n) is 9.22. The Kier molecular flexibility index (Phi) is 5.66. The first-order chi connectivity index (χ1) is 24.8. The van der Waals surface area contributed by atoms with Gasteiger partial charge >= 0.3 is 0 Å². The second-order valence-corrected chi connectivity index (χ2v) is 13.6. The molecule has 2 aliphatic carbocycles. The van der Waals surface area contributed by atoms with Gasteiger partial charge in [0.15, 0.2) is 0 Å². The molecule has 0 unspecified atom stereocenters. The summed E-state index contributed by atoms with van der Waals surface area (Å²) in [6, 6.07) is 69.7.